The maximum atomic E-state index is 13.9. The molecule has 1 amide bonds. The van der Waals surface area contributed by atoms with Gasteiger partial charge in [0.25, 0.3) is 0 Å². The zero-order valence-electron chi connectivity index (χ0n) is 13.9. The molecule has 1 saturated heterocycles. The Labute approximate surface area is 140 Å². The van der Waals surface area contributed by atoms with Crippen LogP contribution in [0.15, 0.2) is 33.6 Å². The highest BCUT2D eigenvalue weighted by molar-refractivity contribution is 5.78. The van der Waals surface area contributed by atoms with Crippen molar-refractivity contribution in [3.63, 3.8) is 0 Å². The second kappa shape index (κ2) is 7.17. The fourth-order valence-corrected chi connectivity index (χ4v) is 3.12. The van der Waals surface area contributed by atoms with Crippen LogP contribution in [0.4, 0.5) is 4.39 Å². The van der Waals surface area contributed by atoms with Crippen LogP contribution in [0.25, 0.3) is 0 Å². The van der Waals surface area contributed by atoms with Crippen LogP contribution in [-0.4, -0.2) is 53.2 Å². The van der Waals surface area contributed by atoms with Crippen molar-refractivity contribution in [2.45, 2.75) is 38.5 Å². The Kier molecular flexibility index (Phi) is 4.99. The Bertz CT molecular complexity index is 670. The number of likely N-dealkylation sites (N-methyl/N-ethyl adjacent to an activating group) is 1. The van der Waals surface area contributed by atoms with Crippen molar-refractivity contribution in [2.75, 3.05) is 20.1 Å². The molecule has 7 heteroatoms. The molecule has 0 bridgehead atoms. The zero-order valence-corrected chi connectivity index (χ0v) is 13.9. The van der Waals surface area contributed by atoms with Gasteiger partial charge >= 0.3 is 0 Å². The number of nitrogens with zero attached hydrogens (tertiary/aromatic N) is 3. The number of rotatable bonds is 6. The molecular weight excluding hydrogens is 313 g/mol. The molecule has 0 aliphatic carbocycles. The summed E-state index contributed by atoms with van der Waals surface area (Å²) < 4.78 is 24.1. The highest BCUT2D eigenvalue weighted by atomic mass is 19.1. The number of carbonyl (C=O) groups is 1. The number of alkyl halides is 1. The predicted molar refractivity (Wildman–Crippen MR) is 85.0 cm³/mol. The lowest BCUT2D eigenvalue weighted by atomic mass is 10.1. The molecule has 2 aromatic rings. The molecule has 2 atom stereocenters. The first kappa shape index (κ1) is 16.7. The molecule has 130 valence electrons. The summed E-state index contributed by atoms with van der Waals surface area (Å²) in [5.74, 6) is 0.716. The minimum Gasteiger partial charge on any atom is -0.472 e. The van der Waals surface area contributed by atoms with Gasteiger partial charge in [-0.05, 0) is 25.0 Å². The van der Waals surface area contributed by atoms with Gasteiger partial charge in [0.1, 0.15) is 6.17 Å². The third-order valence-electron chi connectivity index (χ3n) is 4.36. The molecule has 0 radical (unpaired) electrons. The van der Waals surface area contributed by atoms with Crippen molar-refractivity contribution in [1.29, 1.82) is 0 Å². The summed E-state index contributed by atoms with van der Waals surface area (Å²) in [4.78, 5) is 16.0. The molecule has 0 N–H and O–H groups in total. The van der Waals surface area contributed by atoms with E-state index in [-0.39, 0.29) is 11.9 Å². The van der Waals surface area contributed by atoms with Crippen molar-refractivity contribution in [3.05, 3.63) is 41.7 Å². The van der Waals surface area contributed by atoms with Gasteiger partial charge in [-0.2, -0.15) is 0 Å². The first-order valence-corrected chi connectivity index (χ1v) is 8.06. The Morgan fingerprint density at radius 1 is 1.54 bits per heavy atom. The van der Waals surface area contributed by atoms with Crippen molar-refractivity contribution in [1.82, 2.24) is 15.0 Å². The zero-order chi connectivity index (χ0) is 17.1. The van der Waals surface area contributed by atoms with E-state index in [9.17, 15) is 9.18 Å². The number of hydrogen-bond acceptors (Lipinski definition) is 5. The van der Waals surface area contributed by atoms with Crippen LogP contribution in [-0.2, 0) is 17.8 Å². The molecule has 1 aliphatic rings. The van der Waals surface area contributed by atoms with Crippen LogP contribution < -0.4 is 0 Å². The number of aryl methyl sites for hydroxylation is 1. The van der Waals surface area contributed by atoms with Gasteiger partial charge in [0.15, 0.2) is 5.76 Å². The summed E-state index contributed by atoms with van der Waals surface area (Å²) in [5, 5.41) is 3.86. The quantitative estimate of drug-likeness (QED) is 0.810. The summed E-state index contributed by atoms with van der Waals surface area (Å²) in [6.07, 6.45) is 2.96. The molecule has 6 nitrogen and oxygen atoms in total. The van der Waals surface area contributed by atoms with E-state index >= 15 is 0 Å². The van der Waals surface area contributed by atoms with E-state index in [1.54, 1.807) is 30.5 Å². The van der Waals surface area contributed by atoms with E-state index < -0.39 is 6.17 Å². The van der Waals surface area contributed by atoms with Gasteiger partial charge in [-0.3, -0.25) is 9.69 Å². The maximum absolute atomic E-state index is 13.9. The van der Waals surface area contributed by atoms with E-state index in [0.717, 1.165) is 17.0 Å². The smallest absolute Gasteiger partial charge is 0.226 e. The lowest BCUT2D eigenvalue weighted by molar-refractivity contribution is -0.129. The molecule has 0 unspecified atom stereocenters. The Hall–Kier alpha value is -2.15. The molecule has 0 saturated carbocycles. The standard InChI is InChI=1S/C17H22FN3O3/c1-12-5-16(24-19-12)10-21-8-14(18)7-15(21)9-20(2)17(22)6-13-3-4-23-11-13/h3-5,11,14-15H,6-10H2,1-2H3/t14-,15-/m0/s1. The number of furan rings is 1. The molecule has 1 fully saturated rings. The Morgan fingerprint density at radius 2 is 2.38 bits per heavy atom. The first-order chi connectivity index (χ1) is 11.5. The molecule has 3 heterocycles. The van der Waals surface area contributed by atoms with Gasteiger partial charge in [0, 0.05) is 32.2 Å². The molecule has 1 aliphatic heterocycles. The number of hydrogen-bond donors (Lipinski definition) is 0. The fraction of sp³-hybridized carbons (Fsp3) is 0.529. The molecule has 3 rings (SSSR count). The topological polar surface area (TPSA) is 62.7 Å². The van der Waals surface area contributed by atoms with Crippen LogP contribution in [0.1, 0.15) is 23.4 Å². The Morgan fingerprint density at radius 3 is 3.04 bits per heavy atom. The summed E-state index contributed by atoms with van der Waals surface area (Å²) in [5.41, 5.74) is 1.65. The summed E-state index contributed by atoms with van der Waals surface area (Å²) >= 11 is 0. The fourth-order valence-electron chi connectivity index (χ4n) is 3.12. The molecule has 0 spiro atoms. The van der Waals surface area contributed by atoms with Crippen LogP contribution in [0.2, 0.25) is 0 Å². The third kappa shape index (κ3) is 4.03. The van der Waals surface area contributed by atoms with Gasteiger partial charge in [-0.1, -0.05) is 5.16 Å². The van der Waals surface area contributed by atoms with Crippen molar-refractivity contribution in [3.8, 4) is 0 Å². The molecule has 2 aromatic heterocycles. The van der Waals surface area contributed by atoms with Crippen LogP contribution in [0.3, 0.4) is 0 Å². The number of amides is 1. The first-order valence-electron chi connectivity index (χ1n) is 8.06. The number of aromatic nitrogens is 1. The van der Waals surface area contributed by atoms with E-state index in [1.165, 1.54) is 0 Å². The average Bonchev–Trinajstić information content (AvgIpc) is 3.23. The number of likely N-dealkylation sites (tertiary alicyclic amines) is 1. The molecule has 0 aromatic carbocycles. The second-order valence-electron chi connectivity index (χ2n) is 6.43. The van der Waals surface area contributed by atoms with Gasteiger partial charge in [0.05, 0.1) is 31.2 Å². The normalized spacial score (nSPS) is 21.3. The van der Waals surface area contributed by atoms with E-state index in [0.29, 0.717) is 32.5 Å². The summed E-state index contributed by atoms with van der Waals surface area (Å²) in [6.45, 7) is 3.21. The minimum atomic E-state index is -0.878. The maximum Gasteiger partial charge on any atom is 0.226 e. The van der Waals surface area contributed by atoms with Crippen LogP contribution >= 0.6 is 0 Å². The third-order valence-corrected chi connectivity index (χ3v) is 4.36. The predicted octanol–water partition coefficient (Wildman–Crippen LogP) is 2.19. The lowest BCUT2D eigenvalue weighted by Crippen LogP contribution is -2.41. The highest BCUT2D eigenvalue weighted by Crippen LogP contribution is 2.23. The largest absolute Gasteiger partial charge is 0.472 e. The Balaban J connectivity index is 1.58. The van der Waals surface area contributed by atoms with Gasteiger partial charge < -0.3 is 13.8 Å². The average molecular weight is 335 g/mol. The van der Waals surface area contributed by atoms with E-state index in [2.05, 4.69) is 5.16 Å². The molecular formula is C17H22FN3O3. The SMILES string of the molecule is Cc1cc(CN2C[C@@H](F)C[C@H]2CN(C)C(=O)Cc2ccoc2)on1. The highest BCUT2D eigenvalue weighted by Gasteiger charge is 2.34. The van der Waals surface area contributed by atoms with Crippen molar-refractivity contribution < 1.29 is 18.1 Å². The van der Waals surface area contributed by atoms with Crippen LogP contribution in [0.5, 0.6) is 0 Å². The van der Waals surface area contributed by atoms with Crippen molar-refractivity contribution in [2.24, 2.45) is 0 Å². The van der Waals surface area contributed by atoms with Crippen LogP contribution in [0, 0.1) is 6.92 Å². The van der Waals surface area contributed by atoms with Crippen molar-refractivity contribution >= 4 is 5.91 Å². The van der Waals surface area contributed by atoms with Gasteiger partial charge in [-0.25, -0.2) is 4.39 Å². The number of halogens is 1. The minimum absolute atomic E-state index is 0.00540. The molecule has 24 heavy (non-hydrogen) atoms. The number of carbonyl (C=O) groups excluding carboxylic acids is 1. The monoisotopic (exact) mass is 335 g/mol. The van der Waals surface area contributed by atoms with E-state index in [1.807, 2.05) is 17.9 Å². The second-order valence-corrected chi connectivity index (χ2v) is 6.43. The van der Waals surface area contributed by atoms with E-state index in [4.69, 9.17) is 8.94 Å². The van der Waals surface area contributed by atoms with Gasteiger partial charge in [-0.15, -0.1) is 0 Å². The van der Waals surface area contributed by atoms with Gasteiger partial charge in [0.2, 0.25) is 5.91 Å². The lowest BCUT2D eigenvalue weighted by Gasteiger charge is -2.27. The summed E-state index contributed by atoms with van der Waals surface area (Å²) in [6, 6.07) is 3.61. The summed E-state index contributed by atoms with van der Waals surface area (Å²) in [7, 11) is 1.75.